The number of nitrogens with one attached hydrogen (secondary N) is 2. The SMILES string of the molecule is O=C(C[C@H](Cc1csc2ccccc12)C(=O)N[C@H](CC1=CCc2ccccc21)c1ncc(-c2ccccc2)[nH]1)OCC1c2ccccc2-c2ccccc21. The van der Waals surface area contributed by atoms with E-state index in [1.54, 1.807) is 11.3 Å². The summed E-state index contributed by atoms with van der Waals surface area (Å²) in [7, 11) is 0. The van der Waals surface area contributed by atoms with Crippen LogP contribution in [0.4, 0.5) is 0 Å². The van der Waals surface area contributed by atoms with Crippen molar-refractivity contribution in [3.63, 3.8) is 0 Å². The van der Waals surface area contributed by atoms with Gasteiger partial charge < -0.3 is 15.0 Å². The molecule has 54 heavy (non-hydrogen) atoms. The maximum absolute atomic E-state index is 14.6. The molecule has 0 aliphatic heterocycles. The van der Waals surface area contributed by atoms with Crippen LogP contribution in [0.3, 0.4) is 0 Å². The van der Waals surface area contributed by atoms with Crippen molar-refractivity contribution in [1.82, 2.24) is 15.3 Å². The summed E-state index contributed by atoms with van der Waals surface area (Å²) in [6.07, 6.45) is 5.85. The van der Waals surface area contributed by atoms with Crippen LogP contribution >= 0.6 is 11.3 Å². The summed E-state index contributed by atoms with van der Waals surface area (Å²) in [6.45, 7) is 0.216. The highest BCUT2D eigenvalue weighted by atomic mass is 32.1. The van der Waals surface area contributed by atoms with Crippen molar-refractivity contribution < 1.29 is 14.3 Å². The second-order valence-electron chi connectivity index (χ2n) is 14.2. The van der Waals surface area contributed by atoms with E-state index in [-0.39, 0.29) is 30.8 Å². The van der Waals surface area contributed by atoms with Gasteiger partial charge in [0, 0.05) is 17.0 Å². The number of benzene rings is 5. The third kappa shape index (κ3) is 6.67. The van der Waals surface area contributed by atoms with Crippen molar-refractivity contribution >= 4 is 38.9 Å². The number of thiophene rings is 1. The van der Waals surface area contributed by atoms with E-state index in [0.29, 0.717) is 18.7 Å². The van der Waals surface area contributed by atoms with Crippen molar-refractivity contribution in [3.8, 4) is 22.4 Å². The molecular formula is C47H39N3O3S. The summed E-state index contributed by atoms with van der Waals surface area (Å²) in [6, 6.07) is 42.9. The first kappa shape index (κ1) is 33.8. The second-order valence-corrected chi connectivity index (χ2v) is 15.1. The Kier molecular flexibility index (Phi) is 9.23. The summed E-state index contributed by atoms with van der Waals surface area (Å²) in [5, 5.41) is 6.58. The molecular weight excluding hydrogens is 687 g/mol. The van der Waals surface area contributed by atoms with Gasteiger partial charge in [-0.15, -0.1) is 11.3 Å². The Balaban J connectivity index is 0.991. The van der Waals surface area contributed by atoms with E-state index in [1.807, 2.05) is 72.9 Å². The van der Waals surface area contributed by atoms with Gasteiger partial charge in [0.25, 0.3) is 0 Å². The number of hydrogen-bond acceptors (Lipinski definition) is 5. The average Bonchev–Trinajstić information content (AvgIpc) is 4.02. The normalized spacial score (nSPS) is 14.2. The third-order valence-corrected chi connectivity index (χ3v) is 11.9. The van der Waals surface area contributed by atoms with Crippen LogP contribution in [0.1, 0.15) is 58.4 Å². The molecule has 2 aliphatic rings. The van der Waals surface area contributed by atoms with Crippen LogP contribution in [0.15, 0.2) is 145 Å². The molecule has 5 aromatic carbocycles. The monoisotopic (exact) mass is 725 g/mol. The molecule has 0 unspecified atom stereocenters. The van der Waals surface area contributed by atoms with E-state index in [9.17, 15) is 9.59 Å². The van der Waals surface area contributed by atoms with Crippen LogP contribution in [0.25, 0.3) is 38.0 Å². The van der Waals surface area contributed by atoms with Crippen LogP contribution in [0, 0.1) is 5.92 Å². The Bertz CT molecular complexity index is 2470. The van der Waals surface area contributed by atoms with Crippen LogP contribution in [0.2, 0.25) is 0 Å². The molecule has 0 spiro atoms. The highest BCUT2D eigenvalue weighted by Gasteiger charge is 2.32. The van der Waals surface area contributed by atoms with Crippen LogP contribution in [-0.4, -0.2) is 28.5 Å². The number of allylic oxidation sites excluding steroid dienone is 1. The molecule has 2 heterocycles. The van der Waals surface area contributed by atoms with E-state index >= 15 is 0 Å². The number of hydrogen-bond donors (Lipinski definition) is 2. The Morgan fingerprint density at radius 2 is 1.48 bits per heavy atom. The molecule has 0 saturated carbocycles. The maximum Gasteiger partial charge on any atom is 0.306 e. The highest BCUT2D eigenvalue weighted by molar-refractivity contribution is 7.17. The van der Waals surface area contributed by atoms with E-state index < -0.39 is 12.0 Å². The first-order valence-corrected chi connectivity index (χ1v) is 19.4. The fourth-order valence-corrected chi connectivity index (χ4v) is 9.12. The second kappa shape index (κ2) is 14.8. The zero-order valence-corrected chi connectivity index (χ0v) is 30.5. The molecule has 6 nitrogen and oxygen atoms in total. The number of carbonyl (C=O) groups excluding carboxylic acids is 2. The lowest BCUT2D eigenvalue weighted by molar-refractivity contribution is -0.147. The number of fused-ring (bicyclic) bond motifs is 5. The number of esters is 1. The molecule has 9 rings (SSSR count). The topological polar surface area (TPSA) is 84.1 Å². The summed E-state index contributed by atoms with van der Waals surface area (Å²) in [5.41, 5.74) is 11.3. The van der Waals surface area contributed by atoms with E-state index in [1.165, 1.54) is 27.8 Å². The molecule has 2 aromatic heterocycles. The van der Waals surface area contributed by atoms with Gasteiger partial charge in [0.1, 0.15) is 12.4 Å². The van der Waals surface area contributed by atoms with Crippen molar-refractivity contribution in [3.05, 3.63) is 179 Å². The number of carbonyl (C=O) groups is 2. The first-order valence-electron chi connectivity index (χ1n) is 18.6. The predicted molar refractivity (Wildman–Crippen MR) is 216 cm³/mol. The predicted octanol–water partition coefficient (Wildman–Crippen LogP) is 10.1. The molecule has 7 heteroatoms. The molecule has 7 aromatic rings. The van der Waals surface area contributed by atoms with Crippen molar-refractivity contribution in [2.45, 2.75) is 37.6 Å². The van der Waals surface area contributed by atoms with Gasteiger partial charge in [0.2, 0.25) is 5.91 Å². The lowest BCUT2D eigenvalue weighted by atomic mass is 9.93. The quantitative estimate of drug-likeness (QED) is 0.123. The van der Waals surface area contributed by atoms with E-state index in [0.717, 1.165) is 44.5 Å². The summed E-state index contributed by atoms with van der Waals surface area (Å²) in [5.74, 6) is -0.625. The smallest absolute Gasteiger partial charge is 0.306 e. The molecule has 0 fully saturated rings. The van der Waals surface area contributed by atoms with Gasteiger partial charge in [0.05, 0.1) is 30.3 Å². The van der Waals surface area contributed by atoms with Crippen molar-refractivity contribution in [2.24, 2.45) is 5.92 Å². The third-order valence-electron chi connectivity index (χ3n) is 10.9. The lowest BCUT2D eigenvalue weighted by Gasteiger charge is -2.23. The average molecular weight is 726 g/mol. The molecule has 2 atom stereocenters. The molecule has 266 valence electrons. The fourth-order valence-electron chi connectivity index (χ4n) is 8.14. The van der Waals surface area contributed by atoms with Gasteiger partial charge in [-0.05, 0) is 79.8 Å². The minimum Gasteiger partial charge on any atom is -0.465 e. The standard InChI is InChI=1S/C47H39N3O3S/c51-45(53-28-41-39-19-8-6-17-37(39)38-18-7-9-20-40(38)41)26-33(24-34-29-54-44-21-11-10-16-36(34)44)47(52)50-42(25-32-23-22-30-12-4-5-15-35(30)32)46-48-27-43(49-46)31-13-2-1-3-14-31/h1-21,23,27,29,33,41-42H,22,24-26,28H2,(H,48,49)(H,50,52)/t33-,42+/m0/s1. The summed E-state index contributed by atoms with van der Waals surface area (Å²) in [4.78, 5) is 36.8. The molecule has 2 N–H and O–H groups in total. The Hall–Kier alpha value is -6.05. The van der Waals surface area contributed by atoms with Gasteiger partial charge in [-0.25, -0.2) is 4.98 Å². The lowest BCUT2D eigenvalue weighted by Crippen LogP contribution is -2.37. The number of imidazole rings is 1. The van der Waals surface area contributed by atoms with Gasteiger partial charge in [-0.1, -0.05) is 127 Å². The molecule has 0 saturated heterocycles. The Morgan fingerprint density at radius 1 is 0.796 bits per heavy atom. The van der Waals surface area contributed by atoms with Gasteiger partial charge in [-0.3, -0.25) is 9.59 Å². The van der Waals surface area contributed by atoms with Gasteiger partial charge in [0.15, 0.2) is 0 Å². The number of amides is 1. The molecule has 0 bridgehead atoms. The largest absolute Gasteiger partial charge is 0.465 e. The molecule has 2 aliphatic carbocycles. The Labute approximate surface area is 318 Å². The fraction of sp³-hybridized carbons (Fsp3) is 0.170. The highest BCUT2D eigenvalue weighted by Crippen LogP contribution is 2.44. The maximum atomic E-state index is 14.6. The van der Waals surface area contributed by atoms with Crippen molar-refractivity contribution in [1.29, 1.82) is 0 Å². The summed E-state index contributed by atoms with van der Waals surface area (Å²) >= 11 is 1.66. The minimum absolute atomic E-state index is 0.0440. The van der Waals surface area contributed by atoms with E-state index in [2.05, 4.69) is 82.4 Å². The van der Waals surface area contributed by atoms with Gasteiger partial charge in [-0.2, -0.15) is 0 Å². The summed E-state index contributed by atoms with van der Waals surface area (Å²) < 4.78 is 7.23. The number of nitrogens with zero attached hydrogens (tertiary/aromatic N) is 1. The number of aromatic nitrogens is 2. The number of rotatable bonds is 12. The minimum atomic E-state index is -0.658. The molecule has 0 radical (unpaired) electrons. The van der Waals surface area contributed by atoms with Crippen LogP contribution in [0.5, 0.6) is 0 Å². The number of ether oxygens (including phenoxy) is 1. The van der Waals surface area contributed by atoms with Crippen LogP contribution in [-0.2, 0) is 27.2 Å². The zero-order chi connectivity index (χ0) is 36.4. The first-order chi connectivity index (χ1) is 26.6. The molecule has 1 amide bonds. The zero-order valence-electron chi connectivity index (χ0n) is 29.7. The van der Waals surface area contributed by atoms with Gasteiger partial charge >= 0.3 is 5.97 Å². The van der Waals surface area contributed by atoms with E-state index in [4.69, 9.17) is 9.72 Å². The van der Waals surface area contributed by atoms with Crippen molar-refractivity contribution in [2.75, 3.05) is 6.61 Å². The van der Waals surface area contributed by atoms with Crippen LogP contribution < -0.4 is 5.32 Å². The number of H-pyrrole nitrogens is 1. The Morgan fingerprint density at radius 3 is 2.28 bits per heavy atom. The number of aromatic amines is 1.